The maximum Gasteiger partial charge on any atom is 0.156 e. The molecule has 0 aromatic heterocycles. The molecular weight excluding hydrogens is 1580 g/mol. The van der Waals surface area contributed by atoms with Crippen LogP contribution < -0.4 is 28.4 Å². The summed E-state index contributed by atoms with van der Waals surface area (Å²) >= 11 is 66.6. The van der Waals surface area contributed by atoms with Gasteiger partial charge >= 0.3 is 0 Å². The highest BCUT2D eigenvalue weighted by atomic mass is 79.9. The lowest BCUT2D eigenvalue weighted by Crippen LogP contribution is -2.19. The molecule has 0 N–H and O–H groups in total. The average molecular weight is 1660 g/mol. The van der Waals surface area contributed by atoms with Gasteiger partial charge in [0.1, 0.15) is 11.5 Å². The predicted octanol–water partition coefficient (Wildman–Crippen LogP) is 27.6. The average Bonchev–Trinajstić information content (AvgIpc) is 0.844. The van der Waals surface area contributed by atoms with Crippen molar-refractivity contribution in [2.75, 3.05) is 39.6 Å². The van der Waals surface area contributed by atoms with Crippen LogP contribution in [-0.4, -0.2) is 39.6 Å². The maximum absolute atomic E-state index is 6.50. The van der Waals surface area contributed by atoms with Crippen LogP contribution in [0.1, 0.15) is 139 Å². The normalized spacial score (nSPS) is 11.3. The van der Waals surface area contributed by atoms with E-state index in [1.807, 2.05) is 86.7 Å². The molecule has 6 aromatic rings. The summed E-state index contributed by atoms with van der Waals surface area (Å²) in [5, 5.41) is 3.67. The van der Waals surface area contributed by atoms with Crippen LogP contribution >= 0.6 is 157 Å². The Morgan fingerprint density at radius 1 is 0.275 bits per heavy atom. The summed E-state index contributed by atoms with van der Waals surface area (Å²) < 4.78 is 38.6. The molecule has 91 heavy (non-hydrogen) atoms. The van der Waals surface area contributed by atoms with Crippen molar-refractivity contribution in [2.24, 2.45) is 0 Å². The zero-order chi connectivity index (χ0) is 67.6. The van der Waals surface area contributed by atoms with E-state index in [1.54, 1.807) is 12.2 Å². The van der Waals surface area contributed by atoms with Crippen molar-refractivity contribution in [1.29, 1.82) is 0 Å². The summed E-state index contributed by atoms with van der Waals surface area (Å²) in [4.78, 5) is 0. The molecule has 6 nitrogen and oxygen atoms in total. The number of allylic oxidation sites excluding steroid dienone is 4. The summed E-state index contributed by atoms with van der Waals surface area (Å²) in [6, 6.07) is 23.4. The largest absolute Gasteiger partial charge is 0.491 e. The zero-order valence-electron chi connectivity index (χ0n) is 52.4. The van der Waals surface area contributed by atoms with E-state index in [9.17, 15) is 0 Å². The van der Waals surface area contributed by atoms with Gasteiger partial charge in [0.2, 0.25) is 0 Å². The minimum absolute atomic E-state index is 0.237. The molecule has 0 aliphatic rings. The number of hydrogen-bond donors (Lipinski definition) is 0. The maximum atomic E-state index is 6.50. The smallest absolute Gasteiger partial charge is 0.156 e. The van der Waals surface area contributed by atoms with E-state index in [0.29, 0.717) is 116 Å². The molecule has 6 rings (SSSR count). The van der Waals surface area contributed by atoms with Gasteiger partial charge in [-0.1, -0.05) is 171 Å². The Bertz CT molecular complexity index is 2950. The first kappa shape index (κ1) is 80.2. The molecule has 0 saturated carbocycles. The Labute approximate surface area is 615 Å². The topological polar surface area (TPSA) is 55.4 Å². The van der Waals surface area contributed by atoms with Crippen LogP contribution in [-0.2, 0) is 16.2 Å². The third kappa shape index (κ3) is 23.6. The van der Waals surface area contributed by atoms with Crippen LogP contribution in [0.2, 0.25) is 40.2 Å². The summed E-state index contributed by atoms with van der Waals surface area (Å²) in [5.41, 5.74) is 4.86. The fourth-order valence-electron chi connectivity index (χ4n) is 8.95. The molecule has 0 spiro atoms. The van der Waals surface area contributed by atoms with E-state index >= 15 is 0 Å². The number of ether oxygens (including phenoxy) is 6. The van der Waals surface area contributed by atoms with E-state index in [-0.39, 0.29) is 5.41 Å². The third-order valence-corrected chi connectivity index (χ3v) is 19.3. The van der Waals surface area contributed by atoms with E-state index < -0.39 is 10.8 Å². The minimum atomic E-state index is -0.458. The first-order valence-electron chi connectivity index (χ1n) is 29.6. The van der Waals surface area contributed by atoms with Gasteiger partial charge in [0.15, 0.2) is 23.0 Å². The number of hydrogen-bond acceptors (Lipinski definition) is 6. The Hall–Kier alpha value is -3.20. The first-order chi connectivity index (χ1) is 43.2. The Kier molecular flexibility index (Phi) is 35.0. The molecular formula is C73H80Br4Cl8O6. The fourth-order valence-corrected chi connectivity index (χ4v) is 14.2. The number of benzene rings is 6. The Morgan fingerprint density at radius 2 is 0.440 bits per heavy atom. The van der Waals surface area contributed by atoms with Crippen LogP contribution in [0.4, 0.5) is 0 Å². The molecule has 0 heterocycles. The molecule has 0 aliphatic carbocycles. The third-order valence-electron chi connectivity index (χ3n) is 14.7. The molecule has 0 atom stereocenters. The van der Waals surface area contributed by atoms with Gasteiger partial charge in [0.25, 0.3) is 0 Å². The van der Waals surface area contributed by atoms with Gasteiger partial charge in [-0.2, -0.15) is 0 Å². The summed E-state index contributed by atoms with van der Waals surface area (Å²) in [6.07, 6.45) is 19.7. The van der Waals surface area contributed by atoms with E-state index in [1.165, 1.54) is 11.1 Å². The lowest BCUT2D eigenvalue weighted by atomic mass is 9.78. The Balaban J connectivity index is 0.000000292. The van der Waals surface area contributed by atoms with Crippen LogP contribution in [0.5, 0.6) is 34.5 Å². The van der Waals surface area contributed by atoms with Crippen LogP contribution in [0.15, 0.2) is 167 Å². The molecule has 0 radical (unpaired) electrons. The highest BCUT2D eigenvalue weighted by molar-refractivity contribution is 9.11. The van der Waals surface area contributed by atoms with Gasteiger partial charge in [0, 0.05) is 16.2 Å². The van der Waals surface area contributed by atoms with Gasteiger partial charge in [0.05, 0.1) is 97.7 Å². The molecule has 18 heteroatoms. The van der Waals surface area contributed by atoms with Crippen molar-refractivity contribution in [3.8, 4) is 34.5 Å². The van der Waals surface area contributed by atoms with Gasteiger partial charge in [-0.3, -0.25) is 0 Å². The number of unbranched alkanes of at least 4 members (excludes halogenated alkanes) is 4. The molecule has 492 valence electrons. The van der Waals surface area contributed by atoms with Gasteiger partial charge < -0.3 is 28.4 Å². The summed E-state index contributed by atoms with van der Waals surface area (Å²) in [7, 11) is 0. The SMILES string of the molecule is C=CCCCOc1c(Br)cc(C(C)(C)c2cc(Br)c(OCCCC=C)c(Br)c2)cc1Br.C=CCCCOc1c(Cl)cc(C(C)(C)c2cc(Cl)c(OCCCC=C)c(Cl)c2)cc1Cl.C=CCCOc1c(Cl)cc(C(C)(C)c2cc(Cl)c(OCCC=C)c(Cl)c2)cc1Cl. The van der Waals surface area contributed by atoms with Crippen molar-refractivity contribution in [1.82, 2.24) is 0 Å². The summed E-state index contributed by atoms with van der Waals surface area (Å²) in [6.45, 7) is 38.2. The lowest BCUT2D eigenvalue weighted by molar-refractivity contribution is 0.308. The molecule has 0 unspecified atom stereocenters. The second-order valence-corrected chi connectivity index (χ2v) is 29.1. The van der Waals surface area contributed by atoms with Crippen molar-refractivity contribution in [3.05, 3.63) is 240 Å². The lowest BCUT2D eigenvalue weighted by Gasteiger charge is -2.28. The monoisotopic (exact) mass is 1650 g/mol. The molecule has 0 amide bonds. The molecule has 6 aromatic carbocycles. The first-order valence-corrected chi connectivity index (χ1v) is 35.7. The van der Waals surface area contributed by atoms with Crippen molar-refractivity contribution in [3.63, 3.8) is 0 Å². The van der Waals surface area contributed by atoms with Crippen LogP contribution in [0, 0.1) is 0 Å². The number of halogens is 12. The highest BCUT2D eigenvalue weighted by Gasteiger charge is 2.31. The zero-order valence-corrected chi connectivity index (χ0v) is 64.8. The summed E-state index contributed by atoms with van der Waals surface area (Å²) in [5.74, 6) is 3.58. The molecule has 0 saturated heterocycles. The minimum Gasteiger partial charge on any atom is -0.491 e. The number of rotatable bonds is 34. The second-order valence-electron chi connectivity index (χ2n) is 22.5. The van der Waals surface area contributed by atoms with E-state index in [0.717, 1.165) is 103 Å². The standard InChI is InChI=1S/C25H28Br4O2.C25H28Cl4O2.C23H24Cl4O2/c2*1-5-7-9-11-30-23-19(26)13-17(14-20(23)27)25(3,4)18-15-21(28)24(22(29)16-18)31-12-10-8-6-2;1-5-7-9-28-21-17(24)11-15(12-18(21)25)23(3,4)16-13-19(26)22(20(27)14-16)29-10-8-6-2/h2*5-6,13-16H,1-2,7-12H2,3-4H3;5-6,11-14H,1-2,7-10H2,3-4H3. The van der Waals surface area contributed by atoms with Crippen molar-refractivity contribution >= 4 is 157 Å². The fraction of sp³-hybridized carbons (Fsp3) is 0.342. The second kappa shape index (κ2) is 39.7. The highest BCUT2D eigenvalue weighted by Crippen LogP contribution is 2.48. The van der Waals surface area contributed by atoms with Crippen LogP contribution in [0.3, 0.4) is 0 Å². The van der Waals surface area contributed by atoms with Gasteiger partial charge in [-0.05, 0) is 234 Å². The quantitative estimate of drug-likeness (QED) is 0.0296. The molecule has 0 bridgehead atoms. The van der Waals surface area contributed by atoms with E-state index in [4.69, 9.17) is 121 Å². The molecule has 0 fully saturated rings. The van der Waals surface area contributed by atoms with Gasteiger partial charge in [-0.15, -0.1) is 39.5 Å². The van der Waals surface area contributed by atoms with Gasteiger partial charge in [-0.25, -0.2) is 0 Å². The van der Waals surface area contributed by atoms with E-state index in [2.05, 4.69) is 155 Å². The Morgan fingerprint density at radius 3 is 0.626 bits per heavy atom. The predicted molar refractivity (Wildman–Crippen MR) is 406 cm³/mol. The molecule has 0 aliphatic heterocycles. The van der Waals surface area contributed by atoms with Crippen molar-refractivity contribution in [2.45, 2.75) is 122 Å². The van der Waals surface area contributed by atoms with Crippen LogP contribution in [0.25, 0.3) is 0 Å². The van der Waals surface area contributed by atoms with Crippen molar-refractivity contribution < 1.29 is 28.4 Å².